The topological polar surface area (TPSA) is 59.3 Å². The Morgan fingerprint density at radius 3 is 2.26 bits per heavy atom. The zero-order valence-corrected chi connectivity index (χ0v) is 14.7. The molecule has 0 saturated carbocycles. The number of nitrogens with zero attached hydrogens (tertiary/aromatic N) is 1. The number of ether oxygens (including phenoxy) is 1. The van der Waals surface area contributed by atoms with Gasteiger partial charge in [0.25, 0.3) is 0 Å². The SMILES string of the molecule is COC(=O)c1ccc(NC(=O)CC[n+]2ccc(C)cc2)cc1.[Br-]. The molecule has 0 aliphatic rings. The number of rotatable bonds is 5. The van der Waals surface area contributed by atoms with Crippen molar-refractivity contribution in [3.8, 4) is 0 Å². The van der Waals surface area contributed by atoms with Crippen molar-refractivity contribution in [3.05, 3.63) is 59.9 Å². The molecule has 0 saturated heterocycles. The summed E-state index contributed by atoms with van der Waals surface area (Å²) in [5, 5.41) is 2.80. The van der Waals surface area contributed by atoms with Crippen LogP contribution in [0.1, 0.15) is 22.3 Å². The number of hydrogen-bond donors (Lipinski definition) is 1. The zero-order chi connectivity index (χ0) is 15.9. The molecule has 2 aromatic rings. The minimum Gasteiger partial charge on any atom is -1.00 e. The van der Waals surface area contributed by atoms with Gasteiger partial charge in [0, 0.05) is 17.8 Å². The number of benzene rings is 1. The van der Waals surface area contributed by atoms with E-state index < -0.39 is 5.97 Å². The van der Waals surface area contributed by atoms with E-state index in [2.05, 4.69) is 10.1 Å². The Kier molecular flexibility index (Phi) is 7.41. The van der Waals surface area contributed by atoms with Crippen LogP contribution in [0.2, 0.25) is 0 Å². The molecule has 0 bridgehead atoms. The molecule has 0 spiro atoms. The van der Waals surface area contributed by atoms with Crippen LogP contribution in [0, 0.1) is 6.92 Å². The van der Waals surface area contributed by atoms with Crippen LogP contribution in [0.15, 0.2) is 48.8 Å². The Hall–Kier alpha value is -2.21. The fraction of sp³-hybridized carbons (Fsp3) is 0.235. The quantitative estimate of drug-likeness (QED) is 0.541. The minimum absolute atomic E-state index is 0. The zero-order valence-electron chi connectivity index (χ0n) is 13.1. The van der Waals surface area contributed by atoms with Gasteiger partial charge in [-0.25, -0.2) is 9.36 Å². The van der Waals surface area contributed by atoms with E-state index in [0.717, 1.165) is 0 Å². The molecule has 0 unspecified atom stereocenters. The largest absolute Gasteiger partial charge is 1.00 e. The Morgan fingerprint density at radius 2 is 1.70 bits per heavy atom. The first-order chi connectivity index (χ1) is 10.6. The summed E-state index contributed by atoms with van der Waals surface area (Å²) in [7, 11) is 1.33. The van der Waals surface area contributed by atoms with Gasteiger partial charge < -0.3 is 27.0 Å². The summed E-state index contributed by atoms with van der Waals surface area (Å²) in [4.78, 5) is 23.2. The van der Waals surface area contributed by atoms with Crippen molar-refractivity contribution >= 4 is 17.6 Å². The summed E-state index contributed by atoms with van der Waals surface area (Å²) < 4.78 is 6.59. The highest BCUT2D eigenvalue weighted by molar-refractivity contribution is 5.92. The molecule has 1 heterocycles. The van der Waals surface area contributed by atoms with E-state index in [1.165, 1.54) is 12.7 Å². The van der Waals surface area contributed by atoms with E-state index in [4.69, 9.17) is 0 Å². The Bertz CT molecular complexity index is 655. The minimum atomic E-state index is -0.395. The van der Waals surface area contributed by atoms with Gasteiger partial charge in [-0.2, -0.15) is 0 Å². The normalized spacial score (nSPS) is 9.65. The summed E-state index contributed by atoms with van der Waals surface area (Å²) in [6.45, 7) is 2.64. The number of halogens is 1. The second-order valence-electron chi connectivity index (χ2n) is 4.98. The van der Waals surface area contributed by atoms with Crippen molar-refractivity contribution in [1.29, 1.82) is 0 Å². The molecule has 6 heteroatoms. The number of pyridine rings is 1. The molecule has 2 rings (SSSR count). The van der Waals surface area contributed by atoms with Crippen LogP contribution >= 0.6 is 0 Å². The molecule has 0 fully saturated rings. The number of methoxy groups -OCH3 is 1. The first kappa shape index (κ1) is 18.8. The Balaban J connectivity index is 0.00000264. The highest BCUT2D eigenvalue weighted by atomic mass is 79.9. The number of aromatic nitrogens is 1. The van der Waals surface area contributed by atoms with E-state index in [9.17, 15) is 9.59 Å². The van der Waals surface area contributed by atoms with Gasteiger partial charge in [-0.15, -0.1) is 0 Å². The Labute approximate surface area is 146 Å². The van der Waals surface area contributed by atoms with Crippen LogP contribution in [0.5, 0.6) is 0 Å². The predicted octanol–water partition coefficient (Wildman–Crippen LogP) is -0.898. The second-order valence-corrected chi connectivity index (χ2v) is 4.98. The van der Waals surface area contributed by atoms with Gasteiger partial charge >= 0.3 is 5.97 Å². The predicted molar refractivity (Wildman–Crippen MR) is 82.4 cm³/mol. The molecule has 0 atom stereocenters. The summed E-state index contributed by atoms with van der Waals surface area (Å²) >= 11 is 0. The molecule has 1 amide bonds. The van der Waals surface area contributed by atoms with E-state index in [-0.39, 0.29) is 22.9 Å². The van der Waals surface area contributed by atoms with Gasteiger partial charge in [0.2, 0.25) is 5.91 Å². The molecular formula is C17H19BrN2O3. The molecule has 23 heavy (non-hydrogen) atoms. The first-order valence-electron chi connectivity index (χ1n) is 7.02. The molecule has 5 nitrogen and oxygen atoms in total. The lowest BCUT2D eigenvalue weighted by atomic mass is 10.2. The van der Waals surface area contributed by atoms with Crippen molar-refractivity contribution < 1.29 is 35.9 Å². The van der Waals surface area contributed by atoms with Gasteiger partial charge in [0.05, 0.1) is 19.1 Å². The molecule has 0 radical (unpaired) electrons. The highest BCUT2D eigenvalue weighted by Crippen LogP contribution is 2.10. The second kappa shape index (κ2) is 9.05. The van der Waals surface area contributed by atoms with Crippen molar-refractivity contribution in [3.63, 3.8) is 0 Å². The number of hydrogen-bond acceptors (Lipinski definition) is 3. The van der Waals surface area contributed by atoms with Crippen LogP contribution in [0.3, 0.4) is 0 Å². The lowest BCUT2D eigenvalue weighted by Crippen LogP contribution is -3.00. The molecule has 1 aromatic heterocycles. The van der Waals surface area contributed by atoms with E-state index in [1.54, 1.807) is 24.3 Å². The molecular weight excluding hydrogens is 360 g/mol. The number of carbonyl (C=O) groups excluding carboxylic acids is 2. The average Bonchev–Trinajstić information content (AvgIpc) is 2.54. The van der Waals surface area contributed by atoms with Gasteiger partial charge in [-0.05, 0) is 36.8 Å². The smallest absolute Gasteiger partial charge is 0.337 e. The number of amides is 1. The monoisotopic (exact) mass is 378 g/mol. The van der Waals surface area contributed by atoms with Gasteiger partial charge in [-0.3, -0.25) is 4.79 Å². The maximum Gasteiger partial charge on any atom is 0.337 e. The van der Waals surface area contributed by atoms with Crippen molar-refractivity contribution in [1.82, 2.24) is 0 Å². The highest BCUT2D eigenvalue weighted by Gasteiger charge is 2.08. The van der Waals surface area contributed by atoms with Crippen molar-refractivity contribution in [2.75, 3.05) is 12.4 Å². The van der Waals surface area contributed by atoms with Gasteiger partial charge in [0.1, 0.15) is 0 Å². The summed E-state index contributed by atoms with van der Waals surface area (Å²) in [5.74, 6) is -0.465. The van der Waals surface area contributed by atoms with E-state index in [1.807, 2.05) is 36.0 Å². The molecule has 122 valence electrons. The van der Waals surface area contributed by atoms with Gasteiger partial charge in [-0.1, -0.05) is 0 Å². The fourth-order valence-electron chi connectivity index (χ4n) is 1.94. The lowest BCUT2D eigenvalue weighted by molar-refractivity contribution is -0.695. The van der Waals surface area contributed by atoms with Crippen LogP contribution in [-0.2, 0) is 16.1 Å². The molecule has 0 aliphatic heterocycles. The summed E-state index contributed by atoms with van der Waals surface area (Å²) in [6.07, 6.45) is 4.29. The molecule has 0 aliphatic carbocycles. The van der Waals surface area contributed by atoms with Crippen LogP contribution in [0.25, 0.3) is 0 Å². The maximum atomic E-state index is 11.9. The first-order valence-corrected chi connectivity index (χ1v) is 7.02. The average molecular weight is 379 g/mol. The number of aryl methyl sites for hydroxylation is 2. The lowest BCUT2D eigenvalue weighted by Gasteiger charge is -2.05. The van der Waals surface area contributed by atoms with Crippen molar-refractivity contribution in [2.24, 2.45) is 0 Å². The Morgan fingerprint density at radius 1 is 1.09 bits per heavy atom. The van der Waals surface area contributed by atoms with E-state index >= 15 is 0 Å². The van der Waals surface area contributed by atoms with Gasteiger partial charge in [0.15, 0.2) is 18.9 Å². The summed E-state index contributed by atoms with van der Waals surface area (Å²) in [6, 6.07) is 10.6. The van der Waals surface area contributed by atoms with E-state index in [0.29, 0.717) is 24.2 Å². The number of esters is 1. The third-order valence-electron chi connectivity index (χ3n) is 3.24. The standard InChI is InChI=1S/C17H18N2O3.BrH/c1-13-7-10-19(11-8-13)12-9-16(20)18-15-5-3-14(4-6-15)17(21)22-2;/h3-8,10-11H,9,12H2,1-2H3;1H. The molecule has 1 aromatic carbocycles. The molecule has 1 N–H and O–H groups in total. The van der Waals surface area contributed by atoms with Crippen LogP contribution < -0.4 is 26.9 Å². The fourth-order valence-corrected chi connectivity index (χ4v) is 1.94. The third-order valence-corrected chi connectivity index (χ3v) is 3.24. The summed E-state index contributed by atoms with van der Waals surface area (Å²) in [5.41, 5.74) is 2.30. The van der Waals surface area contributed by atoms with Crippen LogP contribution in [-0.4, -0.2) is 19.0 Å². The van der Waals surface area contributed by atoms with Crippen molar-refractivity contribution in [2.45, 2.75) is 19.9 Å². The number of carbonyl (C=O) groups is 2. The van der Waals surface area contributed by atoms with Crippen LogP contribution in [0.4, 0.5) is 5.69 Å². The third kappa shape index (κ3) is 5.83. The maximum absolute atomic E-state index is 11.9. The number of nitrogens with one attached hydrogen (secondary N) is 1. The number of anilines is 1.